The number of anilines is 1. The standard InChI is InChI=1S/C12H10F3NO3/c1-19-12(18)6-2-10(17)16(5-6)7-3-8(13)11(15)9(14)4-7/h3-4,6H,2,5H2,1H3. The third-order valence-corrected chi connectivity index (χ3v) is 2.94. The second-order valence-electron chi connectivity index (χ2n) is 4.15. The highest BCUT2D eigenvalue weighted by molar-refractivity contribution is 5.99. The number of amides is 1. The first kappa shape index (κ1) is 13.4. The molecule has 7 heteroatoms. The summed E-state index contributed by atoms with van der Waals surface area (Å²) in [7, 11) is 1.19. The highest BCUT2D eigenvalue weighted by atomic mass is 19.2. The number of halogens is 3. The van der Waals surface area contributed by atoms with Gasteiger partial charge in [0.1, 0.15) is 0 Å². The first-order valence-electron chi connectivity index (χ1n) is 5.46. The Bertz CT molecular complexity index is 524. The number of methoxy groups -OCH3 is 1. The molecule has 4 nitrogen and oxygen atoms in total. The van der Waals surface area contributed by atoms with Crippen molar-refractivity contribution in [2.75, 3.05) is 18.6 Å². The number of hydrogen-bond donors (Lipinski definition) is 0. The summed E-state index contributed by atoms with van der Waals surface area (Å²) in [6, 6.07) is 1.44. The average molecular weight is 273 g/mol. The highest BCUT2D eigenvalue weighted by Gasteiger charge is 2.36. The maximum atomic E-state index is 13.1. The number of benzene rings is 1. The van der Waals surface area contributed by atoms with Gasteiger partial charge in [0.25, 0.3) is 0 Å². The Hall–Kier alpha value is -2.05. The summed E-state index contributed by atoms with van der Waals surface area (Å²) < 4.78 is 43.5. The topological polar surface area (TPSA) is 46.6 Å². The Morgan fingerprint density at radius 1 is 1.32 bits per heavy atom. The van der Waals surface area contributed by atoms with Crippen LogP contribution in [-0.2, 0) is 14.3 Å². The molecule has 1 amide bonds. The van der Waals surface area contributed by atoms with Crippen LogP contribution in [0.25, 0.3) is 0 Å². The van der Waals surface area contributed by atoms with Crippen molar-refractivity contribution in [3.63, 3.8) is 0 Å². The third kappa shape index (κ3) is 2.40. The summed E-state index contributed by atoms with van der Waals surface area (Å²) in [6.45, 7) is -0.0456. The molecule has 0 spiro atoms. The molecule has 1 unspecified atom stereocenters. The van der Waals surface area contributed by atoms with Crippen LogP contribution in [0.15, 0.2) is 12.1 Å². The van der Waals surface area contributed by atoms with Crippen LogP contribution >= 0.6 is 0 Å². The van der Waals surface area contributed by atoms with Gasteiger partial charge in [-0.05, 0) is 0 Å². The van der Waals surface area contributed by atoms with E-state index in [-0.39, 0.29) is 18.7 Å². The number of esters is 1. The predicted octanol–water partition coefficient (Wildman–Crippen LogP) is 1.63. The molecule has 1 atom stereocenters. The third-order valence-electron chi connectivity index (χ3n) is 2.94. The Morgan fingerprint density at radius 3 is 2.42 bits per heavy atom. The van der Waals surface area contributed by atoms with Crippen LogP contribution in [0.3, 0.4) is 0 Å². The summed E-state index contributed by atoms with van der Waals surface area (Å²) in [4.78, 5) is 24.0. The van der Waals surface area contributed by atoms with E-state index in [4.69, 9.17) is 0 Å². The zero-order valence-corrected chi connectivity index (χ0v) is 9.95. The Morgan fingerprint density at radius 2 is 1.89 bits per heavy atom. The molecule has 1 heterocycles. The number of carbonyl (C=O) groups excluding carboxylic acids is 2. The normalized spacial score (nSPS) is 18.8. The van der Waals surface area contributed by atoms with E-state index in [1.165, 1.54) is 7.11 Å². The molecule has 1 saturated heterocycles. The lowest BCUT2D eigenvalue weighted by Crippen LogP contribution is -2.26. The van der Waals surface area contributed by atoms with Gasteiger partial charge in [0.15, 0.2) is 17.5 Å². The van der Waals surface area contributed by atoms with Crippen molar-refractivity contribution in [1.82, 2.24) is 0 Å². The summed E-state index contributed by atoms with van der Waals surface area (Å²) >= 11 is 0. The van der Waals surface area contributed by atoms with Crippen molar-refractivity contribution in [2.24, 2.45) is 5.92 Å². The zero-order chi connectivity index (χ0) is 14.2. The number of carbonyl (C=O) groups is 2. The molecule has 1 aliphatic rings. The van der Waals surface area contributed by atoms with E-state index in [0.717, 1.165) is 17.0 Å². The predicted molar refractivity (Wildman–Crippen MR) is 58.8 cm³/mol. The molecule has 0 bridgehead atoms. The summed E-state index contributed by atoms with van der Waals surface area (Å²) in [6.07, 6.45) is -0.104. The molecule has 1 fully saturated rings. The van der Waals surface area contributed by atoms with Crippen LogP contribution in [0.4, 0.5) is 18.9 Å². The summed E-state index contributed by atoms with van der Waals surface area (Å²) in [5.74, 6) is -6.10. The van der Waals surface area contributed by atoms with Crippen molar-refractivity contribution < 1.29 is 27.5 Å². The maximum Gasteiger partial charge on any atom is 0.311 e. The number of rotatable bonds is 2. The first-order valence-corrected chi connectivity index (χ1v) is 5.46. The van der Waals surface area contributed by atoms with Gasteiger partial charge in [-0.3, -0.25) is 9.59 Å². The molecule has 1 aromatic rings. The molecule has 2 rings (SSSR count). The van der Waals surface area contributed by atoms with E-state index in [1.54, 1.807) is 0 Å². The second-order valence-corrected chi connectivity index (χ2v) is 4.15. The molecule has 0 saturated carbocycles. The Kier molecular flexibility index (Phi) is 3.46. The van der Waals surface area contributed by atoms with Gasteiger partial charge in [-0.1, -0.05) is 0 Å². The van der Waals surface area contributed by atoms with Crippen LogP contribution < -0.4 is 4.90 Å². The molecule has 0 aliphatic carbocycles. The molecular weight excluding hydrogens is 263 g/mol. The van der Waals surface area contributed by atoms with Crippen molar-refractivity contribution in [1.29, 1.82) is 0 Å². The van der Waals surface area contributed by atoms with Gasteiger partial charge in [0, 0.05) is 30.8 Å². The van der Waals surface area contributed by atoms with E-state index in [1.807, 2.05) is 0 Å². The minimum atomic E-state index is -1.60. The van der Waals surface area contributed by atoms with Crippen LogP contribution in [0.5, 0.6) is 0 Å². The molecule has 0 N–H and O–H groups in total. The number of nitrogens with zero attached hydrogens (tertiary/aromatic N) is 1. The zero-order valence-electron chi connectivity index (χ0n) is 9.95. The van der Waals surface area contributed by atoms with E-state index >= 15 is 0 Å². The first-order chi connectivity index (χ1) is 8.93. The quantitative estimate of drug-likeness (QED) is 0.607. The molecule has 0 aromatic heterocycles. The van der Waals surface area contributed by atoms with E-state index in [9.17, 15) is 22.8 Å². The molecule has 1 aromatic carbocycles. The molecule has 0 radical (unpaired) electrons. The minimum absolute atomic E-state index is 0.0456. The van der Waals surface area contributed by atoms with E-state index in [0.29, 0.717) is 0 Å². The Balaban J connectivity index is 2.28. The fourth-order valence-electron chi connectivity index (χ4n) is 1.98. The fraction of sp³-hybridized carbons (Fsp3) is 0.333. The minimum Gasteiger partial charge on any atom is -0.469 e. The largest absolute Gasteiger partial charge is 0.469 e. The van der Waals surface area contributed by atoms with E-state index < -0.39 is 35.2 Å². The van der Waals surface area contributed by atoms with Crippen molar-refractivity contribution in [2.45, 2.75) is 6.42 Å². The average Bonchev–Trinajstić information content (AvgIpc) is 2.76. The maximum absolute atomic E-state index is 13.1. The SMILES string of the molecule is COC(=O)C1CC(=O)N(c2cc(F)c(F)c(F)c2)C1. The van der Waals surface area contributed by atoms with Crippen molar-refractivity contribution >= 4 is 17.6 Å². The smallest absolute Gasteiger partial charge is 0.311 e. The molecular formula is C12H10F3NO3. The lowest BCUT2D eigenvalue weighted by molar-refractivity contribution is -0.145. The molecule has 19 heavy (non-hydrogen) atoms. The van der Waals surface area contributed by atoms with Gasteiger partial charge in [0.05, 0.1) is 13.0 Å². The van der Waals surface area contributed by atoms with Gasteiger partial charge >= 0.3 is 5.97 Å². The number of hydrogen-bond acceptors (Lipinski definition) is 3. The van der Waals surface area contributed by atoms with Gasteiger partial charge in [-0.15, -0.1) is 0 Å². The fourth-order valence-corrected chi connectivity index (χ4v) is 1.98. The van der Waals surface area contributed by atoms with E-state index in [2.05, 4.69) is 4.74 Å². The van der Waals surface area contributed by atoms with Gasteiger partial charge in [0.2, 0.25) is 5.91 Å². The second kappa shape index (κ2) is 4.91. The lowest BCUT2D eigenvalue weighted by Gasteiger charge is -2.16. The highest BCUT2D eigenvalue weighted by Crippen LogP contribution is 2.28. The Labute approximate surface area is 106 Å². The van der Waals surface area contributed by atoms with Gasteiger partial charge in [-0.2, -0.15) is 0 Å². The van der Waals surface area contributed by atoms with Crippen LogP contribution in [0, 0.1) is 23.4 Å². The van der Waals surface area contributed by atoms with Crippen LogP contribution in [0.1, 0.15) is 6.42 Å². The van der Waals surface area contributed by atoms with Crippen LogP contribution in [0.2, 0.25) is 0 Å². The number of ether oxygens (including phenoxy) is 1. The summed E-state index contributed by atoms with van der Waals surface area (Å²) in [5.41, 5.74) is -0.118. The monoisotopic (exact) mass is 273 g/mol. The molecule has 102 valence electrons. The van der Waals surface area contributed by atoms with Crippen molar-refractivity contribution in [3.8, 4) is 0 Å². The molecule has 1 aliphatic heterocycles. The van der Waals surface area contributed by atoms with Crippen molar-refractivity contribution in [3.05, 3.63) is 29.6 Å². The lowest BCUT2D eigenvalue weighted by atomic mass is 10.1. The van der Waals surface area contributed by atoms with Gasteiger partial charge in [-0.25, -0.2) is 13.2 Å². The van der Waals surface area contributed by atoms with Gasteiger partial charge < -0.3 is 9.64 Å². The van der Waals surface area contributed by atoms with Crippen LogP contribution in [-0.4, -0.2) is 25.5 Å². The summed E-state index contributed by atoms with van der Waals surface area (Å²) in [5, 5.41) is 0.